The molecule has 2 aromatic rings. The van der Waals surface area contributed by atoms with Crippen molar-refractivity contribution in [2.75, 3.05) is 11.9 Å². The molecule has 21 heavy (non-hydrogen) atoms. The highest BCUT2D eigenvalue weighted by Crippen LogP contribution is 2.24. The van der Waals surface area contributed by atoms with E-state index in [4.69, 9.17) is 4.42 Å². The Morgan fingerprint density at radius 2 is 2.33 bits per heavy atom. The fourth-order valence-electron chi connectivity index (χ4n) is 2.18. The number of hydrogen-bond acceptors (Lipinski definition) is 6. The van der Waals surface area contributed by atoms with Crippen molar-refractivity contribution in [3.63, 3.8) is 0 Å². The third-order valence-corrected chi connectivity index (χ3v) is 3.22. The van der Waals surface area contributed by atoms with Crippen LogP contribution in [0.5, 0.6) is 5.75 Å². The number of rotatable bonds is 3. The maximum absolute atomic E-state index is 12.9. The summed E-state index contributed by atoms with van der Waals surface area (Å²) in [6.07, 6.45) is 1.92. The lowest BCUT2D eigenvalue weighted by Gasteiger charge is -2.04. The zero-order valence-electron chi connectivity index (χ0n) is 11.0. The Hall–Kier alpha value is -2.48. The number of phenols is 1. The lowest BCUT2D eigenvalue weighted by atomic mass is 10.2. The van der Waals surface area contributed by atoms with Gasteiger partial charge in [0.2, 0.25) is 5.89 Å². The smallest absolute Gasteiger partial charge is 0.322 e. The molecule has 0 bridgehead atoms. The van der Waals surface area contributed by atoms with Crippen LogP contribution in [0.15, 0.2) is 22.6 Å². The predicted molar refractivity (Wildman–Crippen MR) is 70.3 cm³/mol. The van der Waals surface area contributed by atoms with Gasteiger partial charge in [-0.2, -0.15) is 0 Å². The van der Waals surface area contributed by atoms with Crippen LogP contribution in [0.25, 0.3) is 0 Å². The van der Waals surface area contributed by atoms with Crippen LogP contribution in [0.3, 0.4) is 0 Å². The fourth-order valence-corrected chi connectivity index (χ4v) is 2.18. The number of phenolic OH excluding ortho intramolecular Hbond substituents is 1. The van der Waals surface area contributed by atoms with Crippen LogP contribution in [0.2, 0.25) is 0 Å². The monoisotopic (exact) mass is 292 g/mol. The quantitative estimate of drug-likeness (QED) is 0.794. The zero-order chi connectivity index (χ0) is 14.8. The van der Waals surface area contributed by atoms with Gasteiger partial charge in [-0.15, -0.1) is 5.10 Å². The summed E-state index contributed by atoms with van der Waals surface area (Å²) in [5.74, 6) is -1.32. The third-order valence-electron chi connectivity index (χ3n) is 3.22. The number of carbonyl (C=O) groups is 1. The van der Waals surface area contributed by atoms with Crippen molar-refractivity contribution < 1.29 is 18.7 Å². The molecule has 7 nitrogen and oxygen atoms in total. The van der Waals surface area contributed by atoms with E-state index in [1.807, 2.05) is 0 Å². The van der Waals surface area contributed by atoms with Gasteiger partial charge in [0.1, 0.15) is 11.6 Å². The molecule has 0 saturated carbocycles. The van der Waals surface area contributed by atoms with E-state index < -0.39 is 17.5 Å². The van der Waals surface area contributed by atoms with E-state index in [1.54, 1.807) is 0 Å². The number of hydrogen-bond donors (Lipinski definition) is 3. The molecule has 1 aromatic heterocycles. The van der Waals surface area contributed by atoms with Gasteiger partial charge >= 0.3 is 6.01 Å². The molecule has 1 fully saturated rings. The maximum atomic E-state index is 12.9. The van der Waals surface area contributed by atoms with Gasteiger partial charge in [0, 0.05) is 6.07 Å². The van der Waals surface area contributed by atoms with Crippen LogP contribution in [0.1, 0.15) is 35.1 Å². The number of halogens is 1. The fraction of sp³-hybridized carbons (Fsp3) is 0.308. The summed E-state index contributed by atoms with van der Waals surface area (Å²) in [5, 5.41) is 22.7. The minimum absolute atomic E-state index is 0.00220. The molecular weight excluding hydrogens is 279 g/mol. The minimum Gasteiger partial charge on any atom is -0.507 e. The van der Waals surface area contributed by atoms with E-state index in [9.17, 15) is 14.3 Å². The van der Waals surface area contributed by atoms with Crippen molar-refractivity contribution in [3.05, 3.63) is 35.5 Å². The molecule has 1 saturated heterocycles. The number of nitrogens with zero attached hydrogens (tertiary/aromatic N) is 2. The van der Waals surface area contributed by atoms with Crippen molar-refractivity contribution in [3.8, 4) is 5.75 Å². The topological polar surface area (TPSA) is 100 Å². The molecular formula is C13H13FN4O3. The molecule has 1 aromatic carbocycles. The second kappa shape index (κ2) is 5.49. The van der Waals surface area contributed by atoms with Gasteiger partial charge in [0.25, 0.3) is 5.91 Å². The van der Waals surface area contributed by atoms with Gasteiger partial charge < -0.3 is 14.8 Å². The Balaban J connectivity index is 1.72. The van der Waals surface area contributed by atoms with Crippen LogP contribution in [-0.2, 0) is 0 Å². The first-order chi connectivity index (χ1) is 10.1. The molecule has 1 aliphatic rings. The first kappa shape index (κ1) is 13.5. The van der Waals surface area contributed by atoms with Gasteiger partial charge in [0.15, 0.2) is 0 Å². The van der Waals surface area contributed by atoms with E-state index >= 15 is 0 Å². The van der Waals surface area contributed by atoms with E-state index in [2.05, 4.69) is 20.8 Å². The zero-order valence-corrected chi connectivity index (χ0v) is 11.0. The molecule has 1 aliphatic heterocycles. The van der Waals surface area contributed by atoms with Crippen LogP contribution in [-0.4, -0.2) is 27.8 Å². The van der Waals surface area contributed by atoms with Crippen LogP contribution >= 0.6 is 0 Å². The Morgan fingerprint density at radius 1 is 1.48 bits per heavy atom. The molecule has 1 atom stereocenters. The van der Waals surface area contributed by atoms with Gasteiger partial charge in [0.05, 0.1) is 11.6 Å². The Morgan fingerprint density at radius 3 is 3.05 bits per heavy atom. The van der Waals surface area contributed by atoms with Crippen LogP contribution in [0.4, 0.5) is 10.4 Å². The SMILES string of the molecule is O=C(Nc1nnc(C2CCCN2)o1)c1ccc(F)cc1O. The highest BCUT2D eigenvalue weighted by molar-refractivity contribution is 6.05. The summed E-state index contributed by atoms with van der Waals surface area (Å²) in [4.78, 5) is 11.9. The number of carbonyl (C=O) groups excluding carboxylic acids is 1. The van der Waals surface area contributed by atoms with E-state index in [0.29, 0.717) is 5.89 Å². The molecule has 110 valence electrons. The van der Waals surface area contributed by atoms with Crippen LogP contribution in [0, 0.1) is 5.82 Å². The second-order valence-electron chi connectivity index (χ2n) is 4.71. The average molecular weight is 292 g/mol. The summed E-state index contributed by atoms with van der Waals surface area (Å²) < 4.78 is 18.2. The summed E-state index contributed by atoms with van der Waals surface area (Å²) in [7, 11) is 0. The first-order valence-electron chi connectivity index (χ1n) is 6.50. The third kappa shape index (κ3) is 2.84. The number of benzene rings is 1. The van der Waals surface area contributed by atoms with Crippen molar-refractivity contribution in [2.24, 2.45) is 0 Å². The van der Waals surface area contributed by atoms with Gasteiger partial charge in [-0.1, -0.05) is 5.10 Å². The van der Waals surface area contributed by atoms with Crippen molar-refractivity contribution in [2.45, 2.75) is 18.9 Å². The Kier molecular flexibility index (Phi) is 3.53. The van der Waals surface area contributed by atoms with E-state index in [1.165, 1.54) is 6.07 Å². The summed E-state index contributed by atoms with van der Waals surface area (Å²) >= 11 is 0. The second-order valence-corrected chi connectivity index (χ2v) is 4.71. The maximum Gasteiger partial charge on any atom is 0.322 e. The summed E-state index contributed by atoms with van der Waals surface area (Å²) in [6.45, 7) is 0.887. The summed E-state index contributed by atoms with van der Waals surface area (Å²) in [6, 6.07) is 3.05. The predicted octanol–water partition coefficient (Wildman–Crippen LogP) is 1.59. The molecule has 0 aliphatic carbocycles. The van der Waals surface area contributed by atoms with Gasteiger partial charge in [-0.3, -0.25) is 10.1 Å². The molecule has 1 unspecified atom stereocenters. The van der Waals surface area contributed by atoms with Crippen LogP contribution < -0.4 is 10.6 Å². The highest BCUT2D eigenvalue weighted by atomic mass is 19.1. The molecule has 0 spiro atoms. The molecule has 3 N–H and O–H groups in total. The van der Waals surface area contributed by atoms with E-state index in [0.717, 1.165) is 31.5 Å². The standard InChI is InChI=1S/C13H13FN4O3/c14-7-3-4-8(10(19)6-7)11(20)16-13-18-17-12(21-13)9-2-1-5-15-9/h3-4,6,9,15,19H,1-2,5H2,(H,16,18,20). The minimum atomic E-state index is -0.651. The van der Waals surface area contributed by atoms with Crippen molar-refractivity contribution in [1.82, 2.24) is 15.5 Å². The normalized spacial score (nSPS) is 17.9. The number of nitrogens with one attached hydrogen (secondary N) is 2. The van der Waals surface area contributed by atoms with Crippen molar-refractivity contribution >= 4 is 11.9 Å². The van der Waals surface area contributed by atoms with Crippen molar-refractivity contribution in [1.29, 1.82) is 0 Å². The Labute approximate surface area is 119 Å². The number of aromatic nitrogens is 2. The largest absolute Gasteiger partial charge is 0.507 e. The van der Waals surface area contributed by atoms with E-state index in [-0.39, 0.29) is 17.6 Å². The first-order valence-corrected chi connectivity index (χ1v) is 6.50. The number of anilines is 1. The molecule has 8 heteroatoms. The number of aromatic hydroxyl groups is 1. The Bertz CT molecular complexity index is 667. The van der Waals surface area contributed by atoms with Gasteiger partial charge in [-0.05, 0) is 31.5 Å². The lowest BCUT2D eigenvalue weighted by Crippen LogP contribution is -2.13. The highest BCUT2D eigenvalue weighted by Gasteiger charge is 2.23. The molecule has 1 amide bonds. The van der Waals surface area contributed by atoms with Gasteiger partial charge in [-0.25, -0.2) is 4.39 Å². The number of amides is 1. The average Bonchev–Trinajstić information content (AvgIpc) is 3.08. The lowest BCUT2D eigenvalue weighted by molar-refractivity contribution is 0.102. The summed E-state index contributed by atoms with van der Waals surface area (Å²) in [5.41, 5.74) is -0.0739. The molecule has 0 radical (unpaired) electrons. The molecule has 2 heterocycles. The molecule has 3 rings (SSSR count).